The second-order valence-corrected chi connectivity index (χ2v) is 4.83. The lowest BCUT2D eigenvalue weighted by Crippen LogP contribution is -1.99. The van der Waals surface area contributed by atoms with Gasteiger partial charge < -0.3 is 10.1 Å². The first kappa shape index (κ1) is 13.4. The summed E-state index contributed by atoms with van der Waals surface area (Å²) in [6, 6.07) is 18.3. The topological polar surface area (TPSA) is 34.2 Å². The number of nitrogens with zero attached hydrogens (tertiary/aromatic N) is 1. The highest BCUT2D eigenvalue weighted by molar-refractivity contribution is 5.94. The number of benzene rings is 2. The number of hydrogen-bond acceptors (Lipinski definition) is 3. The molecule has 3 heteroatoms. The normalized spacial score (nSPS) is 10.6. The van der Waals surface area contributed by atoms with E-state index < -0.39 is 0 Å². The Morgan fingerprint density at radius 2 is 1.86 bits per heavy atom. The average molecular weight is 278 g/mol. The zero-order valence-corrected chi connectivity index (χ0v) is 12.3. The first-order valence-electron chi connectivity index (χ1n) is 7.10. The molecule has 0 aliphatic carbocycles. The number of nitrogens with one attached hydrogen (secondary N) is 1. The number of ether oxygens (including phenoxy) is 1. The lowest BCUT2D eigenvalue weighted by molar-refractivity contribution is 0.415. The van der Waals surface area contributed by atoms with Gasteiger partial charge in [-0.3, -0.25) is 0 Å². The molecule has 0 radical (unpaired) electrons. The molecule has 0 aliphatic heterocycles. The Labute approximate surface area is 124 Å². The summed E-state index contributed by atoms with van der Waals surface area (Å²) in [4.78, 5) is 4.77. The van der Waals surface area contributed by atoms with E-state index in [-0.39, 0.29) is 0 Å². The molecule has 2 aromatic carbocycles. The SMILES string of the molecule is CCNc1cc(-c2ccccc2)nc2ccc(OC)cc12. The number of anilines is 1. The number of hydrogen-bond donors (Lipinski definition) is 1. The maximum Gasteiger partial charge on any atom is 0.119 e. The molecule has 0 bridgehead atoms. The van der Waals surface area contributed by atoms with Crippen molar-refractivity contribution in [2.75, 3.05) is 19.0 Å². The molecular weight excluding hydrogens is 260 g/mol. The highest BCUT2D eigenvalue weighted by Crippen LogP contribution is 2.30. The minimum atomic E-state index is 0.843. The van der Waals surface area contributed by atoms with Crippen molar-refractivity contribution < 1.29 is 4.74 Å². The maximum absolute atomic E-state index is 5.31. The lowest BCUT2D eigenvalue weighted by atomic mass is 10.1. The van der Waals surface area contributed by atoms with Crippen LogP contribution in [0.4, 0.5) is 5.69 Å². The van der Waals surface area contributed by atoms with E-state index in [0.717, 1.165) is 40.1 Å². The molecule has 3 rings (SSSR count). The minimum Gasteiger partial charge on any atom is -0.497 e. The largest absolute Gasteiger partial charge is 0.497 e. The van der Waals surface area contributed by atoms with Crippen molar-refractivity contribution in [1.29, 1.82) is 0 Å². The van der Waals surface area contributed by atoms with Crippen molar-refractivity contribution in [3.8, 4) is 17.0 Å². The Morgan fingerprint density at radius 3 is 2.57 bits per heavy atom. The van der Waals surface area contributed by atoms with Crippen molar-refractivity contribution in [3.05, 3.63) is 54.6 Å². The summed E-state index contributed by atoms with van der Waals surface area (Å²) in [6.07, 6.45) is 0. The van der Waals surface area contributed by atoms with Crippen LogP contribution < -0.4 is 10.1 Å². The monoisotopic (exact) mass is 278 g/mol. The molecule has 0 fully saturated rings. The van der Waals surface area contributed by atoms with Crippen LogP contribution in [0.15, 0.2) is 54.6 Å². The molecule has 3 nitrogen and oxygen atoms in total. The van der Waals surface area contributed by atoms with Crippen molar-refractivity contribution in [2.24, 2.45) is 0 Å². The van der Waals surface area contributed by atoms with E-state index in [1.807, 2.05) is 36.4 Å². The molecule has 1 N–H and O–H groups in total. The van der Waals surface area contributed by atoms with E-state index in [4.69, 9.17) is 9.72 Å². The van der Waals surface area contributed by atoms with Crippen LogP contribution >= 0.6 is 0 Å². The third kappa shape index (κ3) is 2.68. The Morgan fingerprint density at radius 1 is 1.05 bits per heavy atom. The predicted molar refractivity (Wildman–Crippen MR) is 87.9 cm³/mol. The van der Waals surface area contributed by atoms with Gasteiger partial charge in [-0.15, -0.1) is 0 Å². The zero-order valence-electron chi connectivity index (χ0n) is 12.3. The van der Waals surface area contributed by atoms with Crippen LogP contribution in [0.2, 0.25) is 0 Å². The summed E-state index contributed by atoms with van der Waals surface area (Å²) in [7, 11) is 1.68. The van der Waals surface area contributed by atoms with Crippen LogP contribution in [0, 0.1) is 0 Å². The van der Waals surface area contributed by atoms with Crippen molar-refractivity contribution in [2.45, 2.75) is 6.92 Å². The average Bonchev–Trinajstić information content (AvgIpc) is 2.55. The van der Waals surface area contributed by atoms with Gasteiger partial charge in [0.15, 0.2) is 0 Å². The van der Waals surface area contributed by atoms with Gasteiger partial charge in [-0.05, 0) is 31.2 Å². The second kappa shape index (κ2) is 5.83. The van der Waals surface area contributed by atoms with E-state index in [1.54, 1.807) is 7.11 Å². The number of pyridine rings is 1. The summed E-state index contributed by atoms with van der Waals surface area (Å²) in [5.74, 6) is 0.843. The van der Waals surface area contributed by atoms with Gasteiger partial charge in [-0.25, -0.2) is 4.98 Å². The summed E-state index contributed by atoms with van der Waals surface area (Å²) in [5.41, 5.74) is 4.15. The molecule has 0 unspecified atom stereocenters. The number of fused-ring (bicyclic) bond motifs is 1. The standard InChI is InChI=1S/C18H18N2O/c1-3-19-18-12-17(13-7-5-4-6-8-13)20-16-10-9-14(21-2)11-15(16)18/h4-12H,3H2,1-2H3,(H,19,20). The lowest BCUT2D eigenvalue weighted by Gasteiger charge is -2.12. The summed E-state index contributed by atoms with van der Waals surface area (Å²) in [5, 5.41) is 4.50. The molecule has 0 atom stereocenters. The third-order valence-electron chi connectivity index (χ3n) is 3.45. The van der Waals surface area contributed by atoms with Crippen molar-refractivity contribution >= 4 is 16.6 Å². The molecule has 0 saturated heterocycles. The van der Waals surface area contributed by atoms with Gasteiger partial charge >= 0.3 is 0 Å². The van der Waals surface area contributed by atoms with Gasteiger partial charge in [0.05, 0.1) is 18.3 Å². The van der Waals surface area contributed by atoms with E-state index in [2.05, 4.69) is 30.4 Å². The van der Waals surface area contributed by atoms with E-state index >= 15 is 0 Å². The van der Waals surface area contributed by atoms with Crippen LogP contribution in [-0.4, -0.2) is 18.6 Å². The Kier molecular flexibility index (Phi) is 3.73. The van der Waals surface area contributed by atoms with Crippen LogP contribution in [0.1, 0.15) is 6.92 Å². The minimum absolute atomic E-state index is 0.843. The fourth-order valence-electron chi connectivity index (χ4n) is 2.43. The number of rotatable bonds is 4. The number of methoxy groups -OCH3 is 1. The molecule has 0 spiro atoms. The Balaban J connectivity index is 2.21. The van der Waals surface area contributed by atoms with Gasteiger partial charge in [0, 0.05) is 23.2 Å². The predicted octanol–water partition coefficient (Wildman–Crippen LogP) is 4.34. The fourth-order valence-corrected chi connectivity index (χ4v) is 2.43. The van der Waals surface area contributed by atoms with Crippen molar-refractivity contribution in [1.82, 2.24) is 4.98 Å². The first-order chi connectivity index (χ1) is 10.3. The summed E-state index contributed by atoms with van der Waals surface area (Å²) in [6.45, 7) is 2.96. The highest BCUT2D eigenvalue weighted by atomic mass is 16.5. The van der Waals surface area contributed by atoms with Crippen molar-refractivity contribution in [3.63, 3.8) is 0 Å². The van der Waals surface area contributed by atoms with Crippen LogP contribution in [0.3, 0.4) is 0 Å². The van der Waals surface area contributed by atoms with Crippen LogP contribution in [0.5, 0.6) is 5.75 Å². The quantitative estimate of drug-likeness (QED) is 0.770. The number of aromatic nitrogens is 1. The molecule has 1 heterocycles. The van der Waals surface area contributed by atoms with Gasteiger partial charge in [0.2, 0.25) is 0 Å². The van der Waals surface area contributed by atoms with Gasteiger partial charge in [0.25, 0.3) is 0 Å². The maximum atomic E-state index is 5.31. The molecule has 0 aliphatic rings. The fraction of sp³-hybridized carbons (Fsp3) is 0.167. The van der Waals surface area contributed by atoms with Crippen LogP contribution in [-0.2, 0) is 0 Å². The van der Waals surface area contributed by atoms with Gasteiger partial charge in [0.1, 0.15) is 5.75 Å². The molecule has 106 valence electrons. The highest BCUT2D eigenvalue weighted by Gasteiger charge is 2.08. The van der Waals surface area contributed by atoms with E-state index in [1.165, 1.54) is 0 Å². The molecule has 0 saturated carbocycles. The molecule has 1 aromatic heterocycles. The molecule has 0 amide bonds. The summed E-state index contributed by atoms with van der Waals surface area (Å²) >= 11 is 0. The molecule has 3 aromatic rings. The van der Waals surface area contributed by atoms with Gasteiger partial charge in [-0.1, -0.05) is 30.3 Å². The van der Waals surface area contributed by atoms with E-state index in [0.29, 0.717) is 0 Å². The Bertz CT molecular complexity index is 754. The Hall–Kier alpha value is -2.55. The zero-order chi connectivity index (χ0) is 14.7. The third-order valence-corrected chi connectivity index (χ3v) is 3.45. The smallest absolute Gasteiger partial charge is 0.119 e. The van der Waals surface area contributed by atoms with E-state index in [9.17, 15) is 0 Å². The molecular formula is C18H18N2O. The summed E-state index contributed by atoms with van der Waals surface area (Å²) < 4.78 is 5.31. The van der Waals surface area contributed by atoms with Crippen LogP contribution in [0.25, 0.3) is 22.2 Å². The molecule has 21 heavy (non-hydrogen) atoms. The second-order valence-electron chi connectivity index (χ2n) is 4.83. The van der Waals surface area contributed by atoms with Gasteiger partial charge in [-0.2, -0.15) is 0 Å². The first-order valence-corrected chi connectivity index (χ1v) is 7.10.